The van der Waals surface area contributed by atoms with Crippen molar-refractivity contribution < 1.29 is 23.1 Å². The first-order valence-electron chi connectivity index (χ1n) is 8.47. The molecule has 0 aliphatic carbocycles. The van der Waals surface area contributed by atoms with Crippen molar-refractivity contribution in [2.24, 2.45) is 0 Å². The lowest BCUT2D eigenvalue weighted by Gasteiger charge is -2.09. The molecular formula is C21H15BrF2N2O3. The number of benzene rings is 3. The minimum atomic E-state index is -0.996. The molecule has 3 rings (SSSR count). The minimum Gasteiger partial charge on any atom is -0.457 e. The lowest BCUT2D eigenvalue weighted by Crippen LogP contribution is -2.33. The average molecular weight is 461 g/mol. The second-order valence-corrected chi connectivity index (χ2v) is 6.85. The summed E-state index contributed by atoms with van der Waals surface area (Å²) in [6, 6.07) is 16.6. The summed E-state index contributed by atoms with van der Waals surface area (Å²) >= 11 is 3.35. The molecule has 3 aromatic rings. The molecule has 2 N–H and O–H groups in total. The molecule has 8 heteroatoms. The van der Waals surface area contributed by atoms with Crippen molar-refractivity contribution in [3.05, 3.63) is 88.4 Å². The molecule has 2 amide bonds. The molecule has 29 heavy (non-hydrogen) atoms. The number of carbonyl (C=O) groups is 2. The van der Waals surface area contributed by atoms with Crippen LogP contribution in [0.5, 0.6) is 11.5 Å². The Bertz CT molecular complexity index is 1030. The maximum absolute atomic E-state index is 13.6. The summed E-state index contributed by atoms with van der Waals surface area (Å²) in [6.45, 7) is -0.368. The van der Waals surface area contributed by atoms with Gasteiger partial charge in [0, 0.05) is 16.2 Å². The van der Waals surface area contributed by atoms with Gasteiger partial charge in [-0.3, -0.25) is 9.59 Å². The van der Waals surface area contributed by atoms with Crippen molar-refractivity contribution in [2.45, 2.75) is 0 Å². The van der Waals surface area contributed by atoms with E-state index in [1.165, 1.54) is 0 Å². The van der Waals surface area contributed by atoms with Gasteiger partial charge in [0.05, 0.1) is 12.1 Å². The van der Waals surface area contributed by atoms with E-state index in [4.69, 9.17) is 4.74 Å². The Morgan fingerprint density at radius 1 is 0.897 bits per heavy atom. The standard InChI is InChI=1S/C21H15BrF2N2O3/c22-13-1-6-16(7-2-13)29-17-8-4-15(5-9-17)26-20(27)12-25-21(28)18-10-3-14(23)11-19(18)24/h1-11H,12H2,(H,25,28)(H,26,27). The van der Waals surface area contributed by atoms with E-state index in [9.17, 15) is 18.4 Å². The van der Waals surface area contributed by atoms with Crippen LogP contribution in [0.2, 0.25) is 0 Å². The van der Waals surface area contributed by atoms with Gasteiger partial charge in [-0.1, -0.05) is 15.9 Å². The van der Waals surface area contributed by atoms with Crippen LogP contribution in [0.15, 0.2) is 71.2 Å². The van der Waals surface area contributed by atoms with Crippen LogP contribution >= 0.6 is 15.9 Å². The SMILES string of the molecule is O=C(CNC(=O)c1ccc(F)cc1F)Nc1ccc(Oc2ccc(Br)cc2)cc1. The van der Waals surface area contributed by atoms with Crippen molar-refractivity contribution >= 4 is 33.4 Å². The van der Waals surface area contributed by atoms with Crippen LogP contribution in [-0.2, 0) is 4.79 Å². The van der Waals surface area contributed by atoms with Gasteiger partial charge in [-0.25, -0.2) is 8.78 Å². The van der Waals surface area contributed by atoms with E-state index < -0.39 is 23.4 Å². The van der Waals surface area contributed by atoms with E-state index in [2.05, 4.69) is 26.6 Å². The predicted molar refractivity (Wildman–Crippen MR) is 108 cm³/mol. The van der Waals surface area contributed by atoms with Gasteiger partial charge in [0.1, 0.15) is 23.1 Å². The fourth-order valence-corrected chi connectivity index (χ4v) is 2.64. The fraction of sp³-hybridized carbons (Fsp3) is 0.0476. The lowest BCUT2D eigenvalue weighted by atomic mass is 10.2. The van der Waals surface area contributed by atoms with E-state index in [0.717, 1.165) is 16.6 Å². The fourth-order valence-electron chi connectivity index (χ4n) is 2.38. The first kappa shape index (κ1) is 20.5. The summed E-state index contributed by atoms with van der Waals surface area (Å²) in [6.07, 6.45) is 0. The van der Waals surface area contributed by atoms with Gasteiger partial charge in [0.15, 0.2) is 0 Å². The molecule has 0 aromatic heterocycles. The van der Waals surface area contributed by atoms with E-state index in [0.29, 0.717) is 23.3 Å². The highest BCUT2D eigenvalue weighted by Gasteiger charge is 2.13. The molecule has 0 bridgehead atoms. The molecule has 0 spiro atoms. The number of ether oxygens (including phenoxy) is 1. The lowest BCUT2D eigenvalue weighted by molar-refractivity contribution is -0.115. The molecule has 0 radical (unpaired) electrons. The van der Waals surface area contributed by atoms with Crippen LogP contribution in [0.4, 0.5) is 14.5 Å². The molecular weight excluding hydrogens is 446 g/mol. The first-order chi connectivity index (χ1) is 13.9. The summed E-state index contributed by atoms with van der Waals surface area (Å²) in [4.78, 5) is 23.9. The number of hydrogen-bond donors (Lipinski definition) is 2. The second-order valence-electron chi connectivity index (χ2n) is 5.94. The number of rotatable bonds is 6. The number of hydrogen-bond acceptors (Lipinski definition) is 3. The summed E-state index contributed by atoms with van der Waals surface area (Å²) in [7, 11) is 0. The molecule has 0 aliphatic rings. The van der Waals surface area contributed by atoms with E-state index in [-0.39, 0.29) is 12.1 Å². The predicted octanol–water partition coefficient (Wildman–Crippen LogP) is 4.89. The molecule has 148 valence electrons. The maximum atomic E-state index is 13.6. The smallest absolute Gasteiger partial charge is 0.254 e. The van der Waals surface area contributed by atoms with Crippen molar-refractivity contribution in [2.75, 3.05) is 11.9 Å². The van der Waals surface area contributed by atoms with Gasteiger partial charge >= 0.3 is 0 Å². The largest absolute Gasteiger partial charge is 0.457 e. The van der Waals surface area contributed by atoms with E-state index in [1.54, 1.807) is 24.3 Å². The zero-order valence-corrected chi connectivity index (χ0v) is 16.5. The van der Waals surface area contributed by atoms with Crippen molar-refractivity contribution in [3.8, 4) is 11.5 Å². The quantitative estimate of drug-likeness (QED) is 0.550. The number of anilines is 1. The molecule has 5 nitrogen and oxygen atoms in total. The van der Waals surface area contributed by atoms with Gasteiger partial charge < -0.3 is 15.4 Å². The van der Waals surface area contributed by atoms with E-state index in [1.807, 2.05) is 24.3 Å². The number of carbonyl (C=O) groups excluding carboxylic acids is 2. The normalized spacial score (nSPS) is 10.3. The maximum Gasteiger partial charge on any atom is 0.254 e. The Labute approximate surface area is 173 Å². The Balaban J connectivity index is 1.51. The van der Waals surface area contributed by atoms with Crippen molar-refractivity contribution in [1.82, 2.24) is 5.32 Å². The Kier molecular flexibility index (Phi) is 6.56. The van der Waals surface area contributed by atoms with Gasteiger partial charge in [-0.2, -0.15) is 0 Å². The third kappa shape index (κ3) is 5.86. The summed E-state index contributed by atoms with van der Waals surface area (Å²) in [5, 5.41) is 4.89. The van der Waals surface area contributed by atoms with Crippen LogP contribution in [0, 0.1) is 11.6 Å². The van der Waals surface area contributed by atoms with Crippen LogP contribution < -0.4 is 15.4 Å². The highest BCUT2D eigenvalue weighted by Crippen LogP contribution is 2.24. The van der Waals surface area contributed by atoms with Crippen molar-refractivity contribution in [3.63, 3.8) is 0 Å². The monoisotopic (exact) mass is 460 g/mol. The third-order valence-electron chi connectivity index (χ3n) is 3.77. The van der Waals surface area contributed by atoms with Gasteiger partial charge in [-0.15, -0.1) is 0 Å². The highest BCUT2D eigenvalue weighted by molar-refractivity contribution is 9.10. The Hall–Kier alpha value is -3.26. The van der Waals surface area contributed by atoms with Crippen LogP contribution in [0.25, 0.3) is 0 Å². The molecule has 0 unspecified atom stereocenters. The van der Waals surface area contributed by atoms with Gasteiger partial charge in [-0.05, 0) is 60.7 Å². The first-order valence-corrected chi connectivity index (χ1v) is 9.26. The molecule has 0 saturated carbocycles. The Morgan fingerprint density at radius 2 is 1.52 bits per heavy atom. The number of nitrogens with one attached hydrogen (secondary N) is 2. The van der Waals surface area contributed by atoms with Crippen LogP contribution in [-0.4, -0.2) is 18.4 Å². The average Bonchev–Trinajstić information content (AvgIpc) is 2.69. The molecule has 0 atom stereocenters. The summed E-state index contributed by atoms with van der Waals surface area (Å²) in [5.41, 5.74) is 0.161. The number of amides is 2. The zero-order valence-electron chi connectivity index (χ0n) is 14.9. The number of halogens is 3. The molecule has 0 saturated heterocycles. The highest BCUT2D eigenvalue weighted by atomic mass is 79.9. The Morgan fingerprint density at radius 3 is 2.14 bits per heavy atom. The molecule has 0 fully saturated rings. The topological polar surface area (TPSA) is 67.4 Å². The van der Waals surface area contributed by atoms with Gasteiger partial charge in [0.25, 0.3) is 5.91 Å². The third-order valence-corrected chi connectivity index (χ3v) is 4.30. The minimum absolute atomic E-state index is 0.339. The van der Waals surface area contributed by atoms with Crippen molar-refractivity contribution in [1.29, 1.82) is 0 Å². The van der Waals surface area contributed by atoms with E-state index >= 15 is 0 Å². The van der Waals surface area contributed by atoms with Crippen LogP contribution in [0.1, 0.15) is 10.4 Å². The van der Waals surface area contributed by atoms with Gasteiger partial charge in [0.2, 0.25) is 5.91 Å². The summed E-state index contributed by atoms with van der Waals surface area (Å²) in [5.74, 6) is -1.84. The second kappa shape index (κ2) is 9.29. The molecule has 0 aliphatic heterocycles. The summed E-state index contributed by atoms with van der Waals surface area (Å²) < 4.78 is 33.1. The molecule has 3 aromatic carbocycles. The van der Waals surface area contributed by atoms with Crippen LogP contribution in [0.3, 0.4) is 0 Å². The zero-order chi connectivity index (χ0) is 20.8. The molecule has 0 heterocycles.